The summed E-state index contributed by atoms with van der Waals surface area (Å²) in [6.07, 6.45) is 3.20. The van der Waals surface area contributed by atoms with Crippen molar-refractivity contribution < 1.29 is 5.11 Å². The highest BCUT2D eigenvalue weighted by atomic mass is 16.3. The molecule has 1 aromatic carbocycles. The lowest BCUT2D eigenvalue weighted by Crippen LogP contribution is -2.40. The summed E-state index contributed by atoms with van der Waals surface area (Å²) in [4.78, 5) is 2.41. The van der Waals surface area contributed by atoms with Crippen molar-refractivity contribution in [3.8, 4) is 0 Å². The van der Waals surface area contributed by atoms with Crippen LogP contribution in [0.3, 0.4) is 0 Å². The third-order valence-electron chi connectivity index (χ3n) is 5.16. The van der Waals surface area contributed by atoms with Gasteiger partial charge in [-0.05, 0) is 57.1 Å². The number of hydrogen-bond donors (Lipinski definition) is 1. The maximum atomic E-state index is 10.4. The Balaban J connectivity index is 2.04. The number of anilines is 1. The van der Waals surface area contributed by atoms with Crippen LogP contribution in [0, 0.1) is 24.7 Å². The fourth-order valence-corrected chi connectivity index (χ4v) is 3.54. The lowest BCUT2D eigenvalue weighted by atomic mass is 9.74. The zero-order valence-corrected chi connectivity index (χ0v) is 14.0. The molecular weight excluding hydrogens is 258 g/mol. The van der Waals surface area contributed by atoms with Crippen molar-refractivity contribution in [3.63, 3.8) is 0 Å². The quantitative estimate of drug-likeness (QED) is 0.875. The lowest BCUT2D eigenvalue weighted by Gasteiger charge is -2.38. The second-order valence-electron chi connectivity index (χ2n) is 7.02. The van der Waals surface area contributed by atoms with Gasteiger partial charge in [0.25, 0.3) is 0 Å². The Morgan fingerprint density at radius 3 is 2.43 bits per heavy atom. The van der Waals surface area contributed by atoms with E-state index in [0.717, 1.165) is 31.3 Å². The van der Waals surface area contributed by atoms with E-state index in [1.807, 2.05) is 0 Å². The second-order valence-corrected chi connectivity index (χ2v) is 7.02. The van der Waals surface area contributed by atoms with Gasteiger partial charge < -0.3 is 10.0 Å². The zero-order valence-electron chi connectivity index (χ0n) is 14.0. The first kappa shape index (κ1) is 16.4. The Bertz CT molecular complexity index is 426. The molecule has 0 heterocycles. The van der Waals surface area contributed by atoms with Crippen LogP contribution < -0.4 is 4.90 Å². The summed E-state index contributed by atoms with van der Waals surface area (Å²) in [5.41, 5.74) is 2.58. The van der Waals surface area contributed by atoms with E-state index in [1.54, 1.807) is 0 Å². The molecule has 2 heteroatoms. The highest BCUT2D eigenvalue weighted by Crippen LogP contribution is 2.35. The highest BCUT2D eigenvalue weighted by Gasteiger charge is 2.31. The molecule has 2 nitrogen and oxygen atoms in total. The Morgan fingerprint density at radius 1 is 1.19 bits per heavy atom. The van der Waals surface area contributed by atoms with Crippen molar-refractivity contribution >= 4 is 5.69 Å². The number of aliphatic hydroxyl groups excluding tert-OH is 1. The lowest BCUT2D eigenvalue weighted by molar-refractivity contribution is 0.0410. The molecule has 2 rings (SSSR count). The van der Waals surface area contributed by atoms with Crippen molar-refractivity contribution in [1.82, 2.24) is 0 Å². The number of aliphatic hydroxyl groups is 1. The molecule has 1 aliphatic rings. The van der Waals surface area contributed by atoms with Crippen LogP contribution in [0.1, 0.15) is 45.6 Å². The van der Waals surface area contributed by atoms with E-state index in [-0.39, 0.29) is 6.10 Å². The van der Waals surface area contributed by atoms with Gasteiger partial charge in [0, 0.05) is 24.7 Å². The van der Waals surface area contributed by atoms with Gasteiger partial charge in [-0.3, -0.25) is 0 Å². The van der Waals surface area contributed by atoms with E-state index < -0.39 is 0 Å². The molecule has 0 spiro atoms. The number of nitrogens with zero attached hydrogens (tertiary/aromatic N) is 1. The smallest absolute Gasteiger partial charge is 0.0585 e. The number of hydrogen-bond acceptors (Lipinski definition) is 2. The minimum Gasteiger partial charge on any atom is -0.393 e. The monoisotopic (exact) mass is 289 g/mol. The van der Waals surface area contributed by atoms with Crippen LogP contribution in [0.25, 0.3) is 0 Å². The molecule has 0 radical (unpaired) electrons. The maximum absolute atomic E-state index is 10.4. The van der Waals surface area contributed by atoms with Gasteiger partial charge in [-0.25, -0.2) is 0 Å². The van der Waals surface area contributed by atoms with Crippen molar-refractivity contribution in [1.29, 1.82) is 0 Å². The van der Waals surface area contributed by atoms with E-state index in [4.69, 9.17) is 0 Å². The van der Waals surface area contributed by atoms with E-state index in [1.165, 1.54) is 24.1 Å². The van der Waals surface area contributed by atoms with E-state index >= 15 is 0 Å². The molecule has 21 heavy (non-hydrogen) atoms. The van der Waals surface area contributed by atoms with Crippen LogP contribution in [-0.2, 0) is 0 Å². The van der Waals surface area contributed by atoms with E-state index in [0.29, 0.717) is 5.92 Å². The molecule has 0 bridgehead atoms. The number of rotatable bonds is 5. The fraction of sp³-hybridized carbons (Fsp3) is 0.684. The van der Waals surface area contributed by atoms with Crippen LogP contribution in [0.2, 0.25) is 0 Å². The average molecular weight is 289 g/mol. The predicted molar refractivity (Wildman–Crippen MR) is 90.7 cm³/mol. The van der Waals surface area contributed by atoms with Crippen LogP contribution in [0.15, 0.2) is 24.3 Å². The number of aryl methyl sites for hydroxylation is 1. The topological polar surface area (TPSA) is 23.5 Å². The van der Waals surface area contributed by atoms with Gasteiger partial charge in [-0.15, -0.1) is 0 Å². The minimum atomic E-state index is -0.125. The van der Waals surface area contributed by atoms with Gasteiger partial charge >= 0.3 is 0 Å². The van der Waals surface area contributed by atoms with Crippen LogP contribution in [0.5, 0.6) is 0 Å². The summed E-state index contributed by atoms with van der Waals surface area (Å²) in [7, 11) is 0. The Kier molecular flexibility index (Phi) is 5.69. The molecule has 0 amide bonds. The van der Waals surface area contributed by atoms with Gasteiger partial charge in [0.05, 0.1) is 6.10 Å². The molecule has 0 aromatic heterocycles. The van der Waals surface area contributed by atoms with Gasteiger partial charge in [0.1, 0.15) is 0 Å². The molecule has 1 aliphatic carbocycles. The summed E-state index contributed by atoms with van der Waals surface area (Å²) in [5.74, 6) is 1.91. The molecule has 0 aliphatic heterocycles. The predicted octanol–water partition coefficient (Wildman–Crippen LogP) is 4.25. The van der Waals surface area contributed by atoms with E-state index in [2.05, 4.69) is 56.9 Å². The summed E-state index contributed by atoms with van der Waals surface area (Å²) in [6.45, 7) is 10.9. The molecule has 1 aromatic rings. The average Bonchev–Trinajstić information content (AvgIpc) is 2.47. The number of benzene rings is 1. The molecule has 1 N–H and O–H groups in total. The Hall–Kier alpha value is -1.02. The summed E-state index contributed by atoms with van der Waals surface area (Å²) in [6, 6.07) is 8.75. The van der Waals surface area contributed by atoms with Crippen molar-refractivity contribution in [3.05, 3.63) is 29.8 Å². The summed E-state index contributed by atoms with van der Waals surface area (Å²) >= 11 is 0. The van der Waals surface area contributed by atoms with Crippen LogP contribution >= 0.6 is 0 Å². The molecule has 1 fully saturated rings. The largest absolute Gasteiger partial charge is 0.393 e. The minimum absolute atomic E-state index is 0.125. The summed E-state index contributed by atoms with van der Waals surface area (Å²) < 4.78 is 0. The third kappa shape index (κ3) is 4.23. The van der Waals surface area contributed by atoms with Crippen LogP contribution in [0.4, 0.5) is 5.69 Å². The van der Waals surface area contributed by atoms with Gasteiger partial charge in [0.2, 0.25) is 0 Å². The molecule has 118 valence electrons. The van der Waals surface area contributed by atoms with Gasteiger partial charge in [-0.2, -0.15) is 0 Å². The summed E-state index contributed by atoms with van der Waals surface area (Å²) in [5, 5.41) is 10.4. The molecule has 3 atom stereocenters. The normalized spacial score (nSPS) is 26.1. The standard InChI is InChI=1S/C19H31NO/c1-5-20(18-9-6-15(4)7-10-18)13-17-12-16(14(2)3)8-11-19(17)21/h6-7,9-10,14,16-17,19,21H,5,8,11-13H2,1-4H3. The van der Waals surface area contributed by atoms with Crippen molar-refractivity contribution in [2.45, 2.75) is 53.1 Å². The Labute approximate surface area is 130 Å². The molecule has 3 unspecified atom stereocenters. The first-order valence-electron chi connectivity index (χ1n) is 8.51. The highest BCUT2D eigenvalue weighted by molar-refractivity contribution is 5.47. The van der Waals surface area contributed by atoms with Crippen molar-refractivity contribution in [2.75, 3.05) is 18.0 Å². The van der Waals surface area contributed by atoms with Crippen molar-refractivity contribution in [2.24, 2.45) is 17.8 Å². The maximum Gasteiger partial charge on any atom is 0.0585 e. The Morgan fingerprint density at radius 2 is 1.86 bits per heavy atom. The third-order valence-corrected chi connectivity index (χ3v) is 5.16. The zero-order chi connectivity index (χ0) is 15.4. The molecule has 1 saturated carbocycles. The second kappa shape index (κ2) is 7.31. The van der Waals surface area contributed by atoms with E-state index in [9.17, 15) is 5.11 Å². The molecular formula is C19H31NO. The SMILES string of the molecule is CCN(CC1CC(C(C)C)CCC1O)c1ccc(C)cc1. The first-order chi connectivity index (χ1) is 10.0. The first-order valence-corrected chi connectivity index (χ1v) is 8.51. The van der Waals surface area contributed by atoms with Gasteiger partial charge in [0.15, 0.2) is 0 Å². The van der Waals surface area contributed by atoms with Crippen LogP contribution in [-0.4, -0.2) is 24.3 Å². The fourth-order valence-electron chi connectivity index (χ4n) is 3.54. The molecule has 0 saturated heterocycles. The van der Waals surface area contributed by atoms with Gasteiger partial charge in [-0.1, -0.05) is 31.5 Å².